The van der Waals surface area contributed by atoms with Gasteiger partial charge in [-0.15, -0.1) is 10.2 Å². The molecule has 31 heavy (non-hydrogen) atoms. The third kappa shape index (κ3) is 5.32. The van der Waals surface area contributed by atoms with Gasteiger partial charge < -0.3 is 10.6 Å². The van der Waals surface area contributed by atoms with E-state index in [1.54, 1.807) is 0 Å². The summed E-state index contributed by atoms with van der Waals surface area (Å²) in [5.74, 6) is 0.137. The highest BCUT2D eigenvalue weighted by molar-refractivity contribution is 5.88. The Kier molecular flexibility index (Phi) is 6.63. The summed E-state index contributed by atoms with van der Waals surface area (Å²) in [6.45, 7) is 2.06. The van der Waals surface area contributed by atoms with Crippen LogP contribution in [0.2, 0.25) is 0 Å². The number of aromatic amines is 1. The SMILES string of the molecule is O=C(C[C@H]1C(=O)NCCN1CC(c1ccccc1)c1ccccc1)NCc1nn[nH]n1. The Morgan fingerprint density at radius 3 is 2.39 bits per heavy atom. The number of H-pyrrole nitrogens is 1. The molecule has 0 spiro atoms. The van der Waals surface area contributed by atoms with Gasteiger partial charge in [0.2, 0.25) is 11.8 Å². The van der Waals surface area contributed by atoms with Crippen molar-refractivity contribution >= 4 is 11.8 Å². The quantitative estimate of drug-likeness (QED) is 0.498. The highest BCUT2D eigenvalue weighted by Gasteiger charge is 2.33. The fourth-order valence-corrected chi connectivity index (χ4v) is 3.89. The topological polar surface area (TPSA) is 116 Å². The Hall–Kier alpha value is -3.59. The minimum atomic E-state index is -0.533. The lowest BCUT2D eigenvalue weighted by Gasteiger charge is -2.37. The molecule has 3 N–H and O–H groups in total. The van der Waals surface area contributed by atoms with Crippen LogP contribution in [-0.2, 0) is 16.1 Å². The van der Waals surface area contributed by atoms with Crippen LogP contribution in [0.5, 0.6) is 0 Å². The molecule has 0 bridgehead atoms. The minimum absolute atomic E-state index is 0.0694. The number of nitrogens with zero attached hydrogens (tertiary/aromatic N) is 4. The molecular weight excluding hydrogens is 394 g/mol. The minimum Gasteiger partial charge on any atom is -0.353 e. The summed E-state index contributed by atoms with van der Waals surface area (Å²) in [6, 6.07) is 20.0. The van der Waals surface area contributed by atoms with Gasteiger partial charge in [0.1, 0.15) is 0 Å². The van der Waals surface area contributed by atoms with Crippen LogP contribution in [0.15, 0.2) is 60.7 Å². The molecule has 2 aromatic carbocycles. The van der Waals surface area contributed by atoms with Crippen molar-refractivity contribution in [3.63, 3.8) is 0 Å². The van der Waals surface area contributed by atoms with Gasteiger partial charge in [0.15, 0.2) is 5.82 Å². The molecule has 9 nitrogen and oxygen atoms in total. The van der Waals surface area contributed by atoms with Gasteiger partial charge in [0.05, 0.1) is 19.0 Å². The van der Waals surface area contributed by atoms with Gasteiger partial charge in [-0.2, -0.15) is 5.21 Å². The highest BCUT2D eigenvalue weighted by Crippen LogP contribution is 2.27. The third-order valence-corrected chi connectivity index (χ3v) is 5.47. The van der Waals surface area contributed by atoms with Gasteiger partial charge in [-0.3, -0.25) is 14.5 Å². The van der Waals surface area contributed by atoms with E-state index in [4.69, 9.17) is 0 Å². The Morgan fingerprint density at radius 1 is 1.10 bits per heavy atom. The molecule has 9 heteroatoms. The summed E-state index contributed by atoms with van der Waals surface area (Å²) in [6.07, 6.45) is 0.0694. The van der Waals surface area contributed by atoms with Crippen molar-refractivity contribution in [2.75, 3.05) is 19.6 Å². The first-order valence-electron chi connectivity index (χ1n) is 10.3. The summed E-state index contributed by atoms with van der Waals surface area (Å²) in [4.78, 5) is 27.3. The fourth-order valence-electron chi connectivity index (χ4n) is 3.89. The van der Waals surface area contributed by atoms with E-state index in [0.29, 0.717) is 25.5 Å². The highest BCUT2D eigenvalue weighted by atomic mass is 16.2. The van der Waals surface area contributed by atoms with Gasteiger partial charge >= 0.3 is 0 Å². The number of tetrazole rings is 1. The van der Waals surface area contributed by atoms with E-state index in [1.165, 1.54) is 11.1 Å². The second kappa shape index (κ2) is 9.94. The maximum atomic E-state index is 12.7. The second-order valence-corrected chi connectivity index (χ2v) is 7.48. The molecule has 1 aromatic heterocycles. The van der Waals surface area contributed by atoms with Crippen molar-refractivity contribution < 1.29 is 9.59 Å². The first-order valence-corrected chi connectivity index (χ1v) is 10.3. The van der Waals surface area contributed by atoms with Crippen LogP contribution < -0.4 is 10.6 Å². The summed E-state index contributed by atoms with van der Waals surface area (Å²) in [5, 5.41) is 19.1. The first-order chi connectivity index (χ1) is 15.2. The predicted octanol–water partition coefficient (Wildman–Crippen LogP) is 0.838. The molecule has 1 atom stereocenters. The molecule has 2 heterocycles. The molecule has 2 amide bonds. The number of amides is 2. The monoisotopic (exact) mass is 419 g/mol. The molecule has 1 aliphatic heterocycles. The van der Waals surface area contributed by atoms with Crippen LogP contribution in [0.25, 0.3) is 0 Å². The average Bonchev–Trinajstić information content (AvgIpc) is 3.33. The Balaban J connectivity index is 1.49. The number of benzene rings is 2. The smallest absolute Gasteiger partial charge is 0.237 e. The van der Waals surface area contributed by atoms with Gasteiger partial charge in [-0.25, -0.2) is 0 Å². The lowest BCUT2D eigenvalue weighted by Crippen LogP contribution is -2.57. The van der Waals surface area contributed by atoms with Gasteiger partial charge in [-0.1, -0.05) is 65.9 Å². The fraction of sp³-hybridized carbons (Fsp3) is 0.318. The summed E-state index contributed by atoms with van der Waals surface area (Å²) in [7, 11) is 0. The van der Waals surface area contributed by atoms with Crippen molar-refractivity contribution in [2.24, 2.45) is 0 Å². The zero-order chi connectivity index (χ0) is 21.5. The number of rotatable bonds is 8. The molecule has 0 radical (unpaired) electrons. The normalized spacial score (nSPS) is 16.8. The molecule has 0 unspecified atom stereocenters. The van der Waals surface area contributed by atoms with E-state index >= 15 is 0 Å². The first kappa shape index (κ1) is 20.7. The van der Waals surface area contributed by atoms with E-state index in [2.05, 4.69) is 60.4 Å². The molecule has 160 valence electrons. The van der Waals surface area contributed by atoms with Crippen LogP contribution in [-0.4, -0.2) is 63.0 Å². The largest absolute Gasteiger partial charge is 0.353 e. The number of carbonyl (C=O) groups excluding carboxylic acids is 2. The molecule has 4 rings (SSSR count). The zero-order valence-corrected chi connectivity index (χ0v) is 17.1. The Labute approximate surface area is 180 Å². The maximum Gasteiger partial charge on any atom is 0.237 e. The zero-order valence-electron chi connectivity index (χ0n) is 17.1. The summed E-state index contributed by atoms with van der Waals surface area (Å²) in [5.41, 5.74) is 2.36. The maximum absolute atomic E-state index is 12.7. The van der Waals surface area contributed by atoms with E-state index in [-0.39, 0.29) is 30.7 Å². The van der Waals surface area contributed by atoms with Crippen molar-refractivity contribution in [3.8, 4) is 0 Å². The number of hydrogen-bond donors (Lipinski definition) is 3. The Bertz CT molecular complexity index is 940. The van der Waals surface area contributed by atoms with Gasteiger partial charge in [0, 0.05) is 25.6 Å². The van der Waals surface area contributed by atoms with Crippen LogP contribution in [0.1, 0.15) is 29.3 Å². The number of nitrogens with one attached hydrogen (secondary N) is 3. The summed E-state index contributed by atoms with van der Waals surface area (Å²) >= 11 is 0. The van der Waals surface area contributed by atoms with Crippen LogP contribution in [0, 0.1) is 0 Å². The van der Waals surface area contributed by atoms with Crippen molar-refractivity contribution in [1.29, 1.82) is 0 Å². The lowest BCUT2D eigenvalue weighted by molar-refractivity contribution is -0.134. The molecule has 1 saturated heterocycles. The number of carbonyl (C=O) groups is 2. The number of hydrogen-bond acceptors (Lipinski definition) is 6. The van der Waals surface area contributed by atoms with E-state index < -0.39 is 6.04 Å². The lowest BCUT2D eigenvalue weighted by atomic mass is 9.90. The average molecular weight is 419 g/mol. The summed E-state index contributed by atoms with van der Waals surface area (Å²) < 4.78 is 0. The van der Waals surface area contributed by atoms with Crippen molar-refractivity contribution in [1.82, 2.24) is 36.2 Å². The molecule has 1 fully saturated rings. The van der Waals surface area contributed by atoms with E-state index in [9.17, 15) is 9.59 Å². The number of piperazine rings is 1. The van der Waals surface area contributed by atoms with Gasteiger partial charge in [-0.05, 0) is 11.1 Å². The third-order valence-electron chi connectivity index (χ3n) is 5.47. The van der Waals surface area contributed by atoms with E-state index in [0.717, 1.165) is 0 Å². The van der Waals surface area contributed by atoms with Crippen LogP contribution >= 0.6 is 0 Å². The van der Waals surface area contributed by atoms with Crippen molar-refractivity contribution in [3.05, 3.63) is 77.6 Å². The molecule has 0 saturated carbocycles. The van der Waals surface area contributed by atoms with Gasteiger partial charge in [0.25, 0.3) is 0 Å². The van der Waals surface area contributed by atoms with Crippen molar-refractivity contribution in [2.45, 2.75) is 24.9 Å². The Morgan fingerprint density at radius 2 is 1.77 bits per heavy atom. The van der Waals surface area contributed by atoms with Crippen LogP contribution in [0.4, 0.5) is 0 Å². The van der Waals surface area contributed by atoms with E-state index in [1.807, 2.05) is 36.4 Å². The predicted molar refractivity (Wildman–Crippen MR) is 114 cm³/mol. The molecule has 0 aliphatic carbocycles. The van der Waals surface area contributed by atoms with Crippen LogP contribution in [0.3, 0.4) is 0 Å². The molecular formula is C22H25N7O2. The molecule has 3 aromatic rings. The standard InChI is InChI=1S/C22H25N7O2/c30-21(24-14-20-25-27-28-26-20)13-19-22(31)23-11-12-29(19)15-18(16-7-3-1-4-8-16)17-9-5-2-6-10-17/h1-10,18-19H,11-15H2,(H,23,31)(H,24,30)(H,25,26,27,28)/t19-/m0/s1. The number of aromatic nitrogens is 4. The molecule has 1 aliphatic rings. The second-order valence-electron chi connectivity index (χ2n) is 7.48.